The average molecular weight is 537 g/mol. The molecule has 6 aromatic carbocycles. The van der Waals surface area contributed by atoms with Crippen LogP contribution in [0.25, 0.3) is 52.5 Å². The van der Waals surface area contributed by atoms with Gasteiger partial charge in [0.2, 0.25) is 0 Å². The summed E-state index contributed by atoms with van der Waals surface area (Å²) in [5, 5.41) is 10.9. The predicted molar refractivity (Wildman–Crippen MR) is 136 cm³/mol. The molecule has 0 bridgehead atoms. The van der Waals surface area contributed by atoms with Gasteiger partial charge in [0.05, 0.1) is 0 Å². The molecular weight excluding hydrogens is 519 g/mol. The van der Waals surface area contributed by atoms with Crippen LogP contribution in [0.5, 0.6) is 0 Å². The van der Waals surface area contributed by atoms with Gasteiger partial charge in [-0.1, -0.05) is 0 Å². The summed E-state index contributed by atoms with van der Waals surface area (Å²) in [7, 11) is 0. The molecule has 0 fully saturated rings. The van der Waals surface area contributed by atoms with Crippen LogP contribution >= 0.6 is 11.3 Å². The summed E-state index contributed by atoms with van der Waals surface area (Å²) < 4.78 is 5.84. The zero-order chi connectivity index (χ0) is 21.1. The Morgan fingerprint density at radius 2 is 1.00 bits per heavy atom. The second kappa shape index (κ2) is 7.29. The molecule has 0 saturated carbocycles. The molecule has 0 saturated heterocycles. The normalized spacial score (nSPS) is 12.0. The van der Waals surface area contributed by atoms with Gasteiger partial charge < -0.3 is 0 Å². The van der Waals surface area contributed by atoms with Gasteiger partial charge in [-0.3, -0.25) is 0 Å². The quantitative estimate of drug-likeness (QED) is 0.198. The van der Waals surface area contributed by atoms with Gasteiger partial charge in [-0.25, -0.2) is 0 Å². The van der Waals surface area contributed by atoms with Crippen molar-refractivity contribution in [1.82, 2.24) is 0 Å². The molecule has 0 aliphatic rings. The molecule has 0 amide bonds. The second-order valence-corrected chi connectivity index (χ2v) is 12.1. The Morgan fingerprint density at radius 3 is 1.72 bits per heavy atom. The van der Waals surface area contributed by atoms with Crippen LogP contribution in [0.15, 0.2) is 109 Å². The molecule has 0 aliphatic carbocycles. The maximum atomic E-state index is 2.46. The van der Waals surface area contributed by atoms with E-state index in [2.05, 4.69) is 109 Å². The summed E-state index contributed by atoms with van der Waals surface area (Å²) in [5.74, 6) is 0. The molecule has 0 atom stereocenters. The van der Waals surface area contributed by atoms with E-state index >= 15 is 0 Å². The van der Waals surface area contributed by atoms with Gasteiger partial charge in [0.25, 0.3) is 0 Å². The van der Waals surface area contributed by atoms with Crippen molar-refractivity contribution < 1.29 is 21.2 Å². The van der Waals surface area contributed by atoms with Crippen molar-refractivity contribution in [1.29, 1.82) is 0 Å². The standard InChI is InChI=1S/C30H18IS/c1-2-10-22-20(8-1)21-9-3-4-11-23(21)27-18-19(16-17-24(22)27)31-28-14-7-13-26-25-12-5-6-15-29(25)32-30(26)28/h1-18H/q-1. The van der Waals surface area contributed by atoms with Gasteiger partial charge in [-0.15, -0.1) is 0 Å². The molecular formula is C30H18IS-. The number of fused-ring (bicyclic) bond motifs is 9. The molecule has 2 heteroatoms. The fourth-order valence-electron chi connectivity index (χ4n) is 4.84. The third-order valence-electron chi connectivity index (χ3n) is 6.27. The van der Waals surface area contributed by atoms with Crippen LogP contribution in [-0.4, -0.2) is 0 Å². The summed E-state index contributed by atoms with van der Waals surface area (Å²) in [5.41, 5.74) is 0. The molecule has 152 valence electrons. The van der Waals surface area contributed by atoms with E-state index in [4.69, 9.17) is 0 Å². The van der Waals surface area contributed by atoms with Crippen LogP contribution in [0.4, 0.5) is 0 Å². The Balaban J connectivity index is 1.45. The van der Waals surface area contributed by atoms with Crippen molar-refractivity contribution in [2.75, 3.05) is 0 Å². The van der Waals surface area contributed by atoms with E-state index in [1.165, 1.54) is 59.6 Å². The number of halogens is 1. The van der Waals surface area contributed by atoms with Crippen LogP contribution in [0.3, 0.4) is 0 Å². The summed E-state index contributed by atoms with van der Waals surface area (Å²) in [6.45, 7) is 0. The SMILES string of the molecule is c1ccc2c(c1)sc1c([I-]c3ccc4c5ccccc5c5ccccc5c4c3)cccc12. The molecule has 0 nitrogen and oxygen atoms in total. The zero-order valence-electron chi connectivity index (χ0n) is 17.2. The molecule has 1 aromatic heterocycles. The molecule has 0 aliphatic heterocycles. The number of rotatable bonds is 2. The fraction of sp³-hybridized carbons (Fsp3) is 0. The van der Waals surface area contributed by atoms with Crippen molar-refractivity contribution in [2.24, 2.45) is 0 Å². The first kappa shape index (κ1) is 18.6. The molecule has 7 rings (SSSR count). The maximum absolute atomic E-state index is 2.46. The van der Waals surface area contributed by atoms with Gasteiger partial charge >= 0.3 is 201 Å². The number of hydrogen-bond donors (Lipinski definition) is 0. The number of benzene rings is 6. The Bertz CT molecular complexity index is 1770. The predicted octanol–water partition coefficient (Wildman–Crippen LogP) is 5.64. The van der Waals surface area contributed by atoms with Gasteiger partial charge in [0, 0.05) is 0 Å². The van der Waals surface area contributed by atoms with Gasteiger partial charge in [0.1, 0.15) is 0 Å². The summed E-state index contributed by atoms with van der Waals surface area (Å²) in [6, 6.07) is 40.5. The molecule has 0 spiro atoms. The Hall–Kier alpha value is -2.95. The van der Waals surface area contributed by atoms with Gasteiger partial charge in [0.15, 0.2) is 0 Å². The molecule has 0 unspecified atom stereocenters. The van der Waals surface area contributed by atoms with Crippen molar-refractivity contribution in [3.63, 3.8) is 0 Å². The third-order valence-corrected chi connectivity index (χ3v) is 10.6. The van der Waals surface area contributed by atoms with Crippen LogP contribution in [0.1, 0.15) is 0 Å². The van der Waals surface area contributed by atoms with Crippen molar-refractivity contribution in [2.45, 2.75) is 0 Å². The van der Waals surface area contributed by atoms with Crippen molar-refractivity contribution >= 4 is 63.8 Å². The minimum absolute atomic E-state index is 0.276. The van der Waals surface area contributed by atoms with Crippen LogP contribution in [0.2, 0.25) is 0 Å². The number of thiophene rings is 1. The monoisotopic (exact) mass is 537 g/mol. The van der Waals surface area contributed by atoms with Crippen LogP contribution < -0.4 is 21.2 Å². The number of hydrogen-bond acceptors (Lipinski definition) is 1. The van der Waals surface area contributed by atoms with E-state index in [1.54, 1.807) is 0 Å². The Kier molecular flexibility index (Phi) is 4.24. The van der Waals surface area contributed by atoms with E-state index in [0.717, 1.165) is 0 Å². The molecule has 0 radical (unpaired) electrons. The molecule has 7 aromatic rings. The van der Waals surface area contributed by atoms with Gasteiger partial charge in [-0.2, -0.15) is 0 Å². The first-order valence-corrected chi connectivity index (χ1v) is 13.7. The average Bonchev–Trinajstić information content (AvgIpc) is 3.24. The van der Waals surface area contributed by atoms with Crippen molar-refractivity contribution in [3.05, 3.63) is 116 Å². The van der Waals surface area contributed by atoms with Crippen LogP contribution in [0, 0.1) is 7.14 Å². The molecule has 1 heterocycles. The second-order valence-electron chi connectivity index (χ2n) is 8.09. The minimum atomic E-state index is -0.276. The van der Waals surface area contributed by atoms with E-state index in [-0.39, 0.29) is 21.2 Å². The van der Waals surface area contributed by atoms with E-state index in [1.807, 2.05) is 11.3 Å². The first-order valence-electron chi connectivity index (χ1n) is 10.8. The first-order chi connectivity index (χ1) is 15.9. The van der Waals surface area contributed by atoms with E-state index in [9.17, 15) is 0 Å². The fourth-order valence-corrected chi connectivity index (χ4v) is 8.96. The molecule has 0 N–H and O–H groups in total. The third kappa shape index (κ3) is 2.79. The van der Waals surface area contributed by atoms with E-state index in [0.29, 0.717) is 0 Å². The summed E-state index contributed by atoms with van der Waals surface area (Å²) in [6.07, 6.45) is 0. The topological polar surface area (TPSA) is 0 Å². The summed E-state index contributed by atoms with van der Waals surface area (Å²) >= 11 is 1.67. The zero-order valence-corrected chi connectivity index (χ0v) is 20.2. The van der Waals surface area contributed by atoms with E-state index < -0.39 is 0 Å². The molecule has 32 heavy (non-hydrogen) atoms. The van der Waals surface area contributed by atoms with Crippen LogP contribution in [-0.2, 0) is 0 Å². The van der Waals surface area contributed by atoms with Crippen molar-refractivity contribution in [3.8, 4) is 0 Å². The Labute approximate surface area is 200 Å². The Morgan fingerprint density at radius 1 is 0.438 bits per heavy atom. The van der Waals surface area contributed by atoms with Gasteiger partial charge in [-0.05, 0) is 0 Å². The summed E-state index contributed by atoms with van der Waals surface area (Å²) in [4.78, 5) is 0.